The molecule has 18 heavy (non-hydrogen) atoms. The van der Waals surface area contributed by atoms with Crippen molar-refractivity contribution in [1.82, 2.24) is 0 Å². The molecule has 3 aliphatic carbocycles. The molecular formula is C12H10O6. The van der Waals surface area contributed by atoms with Crippen molar-refractivity contribution in [2.75, 3.05) is 0 Å². The smallest absolute Gasteiger partial charge is 0.317 e. The van der Waals surface area contributed by atoms with Crippen molar-refractivity contribution < 1.29 is 28.7 Å². The molecule has 0 aromatic rings. The van der Waals surface area contributed by atoms with Crippen LogP contribution in [0.15, 0.2) is 0 Å². The van der Waals surface area contributed by atoms with Crippen LogP contribution >= 0.6 is 0 Å². The van der Waals surface area contributed by atoms with Crippen LogP contribution in [0.3, 0.4) is 0 Å². The van der Waals surface area contributed by atoms with E-state index in [4.69, 9.17) is 0 Å². The Hall–Kier alpha value is -1.72. The van der Waals surface area contributed by atoms with Gasteiger partial charge in [-0.15, -0.1) is 0 Å². The van der Waals surface area contributed by atoms with Crippen molar-refractivity contribution in [3.8, 4) is 0 Å². The van der Waals surface area contributed by atoms with Crippen molar-refractivity contribution in [3.05, 3.63) is 0 Å². The van der Waals surface area contributed by atoms with Gasteiger partial charge in [0.25, 0.3) is 0 Å². The predicted molar refractivity (Wildman–Crippen MR) is 52.4 cm³/mol. The molecule has 0 aromatic carbocycles. The van der Waals surface area contributed by atoms with Crippen molar-refractivity contribution in [1.29, 1.82) is 0 Å². The summed E-state index contributed by atoms with van der Waals surface area (Å²) >= 11 is 0. The first-order valence-corrected chi connectivity index (χ1v) is 6.10. The van der Waals surface area contributed by atoms with Crippen LogP contribution in [-0.2, 0) is 28.7 Å². The van der Waals surface area contributed by atoms with E-state index < -0.39 is 47.5 Å². The summed E-state index contributed by atoms with van der Waals surface area (Å²) in [6, 6.07) is 0. The van der Waals surface area contributed by atoms with Gasteiger partial charge >= 0.3 is 23.9 Å². The summed E-state index contributed by atoms with van der Waals surface area (Å²) in [5, 5.41) is 0. The maximum Gasteiger partial charge on any atom is 0.317 e. The van der Waals surface area contributed by atoms with Crippen LogP contribution in [0.4, 0.5) is 0 Å². The lowest BCUT2D eigenvalue weighted by Crippen LogP contribution is -2.53. The summed E-state index contributed by atoms with van der Waals surface area (Å²) in [6.07, 6.45) is 1.36. The fourth-order valence-corrected chi connectivity index (χ4v) is 4.37. The summed E-state index contributed by atoms with van der Waals surface area (Å²) < 4.78 is 9.37. The van der Waals surface area contributed by atoms with Gasteiger partial charge in [-0.1, -0.05) is 0 Å². The topological polar surface area (TPSA) is 86.7 Å². The molecule has 5 aliphatic rings. The third-order valence-corrected chi connectivity index (χ3v) is 4.94. The Balaban J connectivity index is 1.84. The van der Waals surface area contributed by atoms with E-state index in [1.54, 1.807) is 0 Å². The molecule has 2 bridgehead atoms. The van der Waals surface area contributed by atoms with Gasteiger partial charge in [0.2, 0.25) is 0 Å². The zero-order chi connectivity index (χ0) is 12.6. The van der Waals surface area contributed by atoms with Gasteiger partial charge in [-0.2, -0.15) is 0 Å². The Morgan fingerprint density at radius 3 is 1.17 bits per heavy atom. The van der Waals surface area contributed by atoms with Crippen LogP contribution in [0.2, 0.25) is 0 Å². The van der Waals surface area contributed by atoms with E-state index >= 15 is 0 Å². The molecule has 0 aromatic heterocycles. The van der Waals surface area contributed by atoms with E-state index in [9.17, 15) is 19.2 Å². The SMILES string of the molecule is O=C1OC(=O)C2C1C1CCC2[C@@H]2C(=O)OC(=O)C12. The first-order valence-electron chi connectivity index (χ1n) is 6.10. The van der Waals surface area contributed by atoms with E-state index in [1.165, 1.54) is 0 Å². The molecule has 6 atom stereocenters. The quantitative estimate of drug-likeness (QED) is 0.431. The Morgan fingerprint density at radius 1 is 0.611 bits per heavy atom. The van der Waals surface area contributed by atoms with E-state index in [2.05, 4.69) is 9.47 Å². The molecule has 6 nitrogen and oxygen atoms in total. The van der Waals surface area contributed by atoms with Crippen molar-refractivity contribution >= 4 is 23.9 Å². The minimum Gasteiger partial charge on any atom is -0.393 e. The lowest BCUT2D eigenvalue weighted by molar-refractivity contribution is -0.154. The van der Waals surface area contributed by atoms with Crippen LogP contribution in [0.5, 0.6) is 0 Å². The molecule has 0 radical (unpaired) electrons. The second-order valence-electron chi connectivity index (χ2n) is 5.49. The van der Waals surface area contributed by atoms with Crippen LogP contribution in [0, 0.1) is 35.5 Å². The fourth-order valence-electron chi connectivity index (χ4n) is 4.37. The first-order chi connectivity index (χ1) is 8.59. The second kappa shape index (κ2) is 2.99. The highest BCUT2D eigenvalue weighted by Crippen LogP contribution is 2.59. The van der Waals surface area contributed by atoms with Gasteiger partial charge < -0.3 is 9.47 Å². The minimum atomic E-state index is -0.545. The van der Waals surface area contributed by atoms with Gasteiger partial charge in [0.1, 0.15) is 0 Å². The van der Waals surface area contributed by atoms with Crippen molar-refractivity contribution in [2.45, 2.75) is 12.8 Å². The minimum absolute atomic E-state index is 0.275. The molecular weight excluding hydrogens is 240 g/mol. The fraction of sp³-hybridized carbons (Fsp3) is 0.667. The number of carbonyl (C=O) groups is 4. The Labute approximate surface area is 102 Å². The summed E-state index contributed by atoms with van der Waals surface area (Å²) in [7, 11) is 0. The Morgan fingerprint density at radius 2 is 0.889 bits per heavy atom. The monoisotopic (exact) mass is 250 g/mol. The largest absolute Gasteiger partial charge is 0.393 e. The summed E-state index contributed by atoms with van der Waals surface area (Å²) in [5.74, 6) is -4.88. The first kappa shape index (κ1) is 10.2. The Bertz CT molecular complexity index is 423. The van der Waals surface area contributed by atoms with Gasteiger partial charge in [0.05, 0.1) is 23.7 Å². The van der Waals surface area contributed by atoms with E-state index in [1.807, 2.05) is 0 Å². The lowest BCUT2D eigenvalue weighted by atomic mass is 9.51. The van der Waals surface area contributed by atoms with E-state index in [-0.39, 0.29) is 11.8 Å². The molecule has 94 valence electrons. The van der Waals surface area contributed by atoms with Crippen LogP contribution in [0.1, 0.15) is 12.8 Å². The van der Waals surface area contributed by atoms with E-state index in [0.29, 0.717) is 12.8 Å². The molecule has 0 spiro atoms. The zero-order valence-corrected chi connectivity index (χ0v) is 9.33. The third kappa shape index (κ3) is 0.958. The molecule has 2 aliphatic heterocycles. The molecule has 0 N–H and O–H groups in total. The molecule has 2 heterocycles. The maximum atomic E-state index is 11.7. The normalized spacial score (nSPS) is 48.9. The molecule has 3 saturated carbocycles. The number of hydrogen-bond donors (Lipinski definition) is 0. The van der Waals surface area contributed by atoms with Crippen LogP contribution in [-0.4, -0.2) is 23.9 Å². The van der Waals surface area contributed by atoms with Gasteiger partial charge in [0, 0.05) is 0 Å². The molecule has 5 fully saturated rings. The molecule has 5 unspecified atom stereocenters. The number of hydrogen-bond acceptors (Lipinski definition) is 6. The number of esters is 4. The number of fused-ring (bicyclic) bond motifs is 1. The summed E-state index contributed by atoms with van der Waals surface area (Å²) in [5.41, 5.74) is 0. The number of carbonyl (C=O) groups excluding carboxylic acids is 4. The number of rotatable bonds is 0. The van der Waals surface area contributed by atoms with Crippen LogP contribution in [0.25, 0.3) is 0 Å². The van der Waals surface area contributed by atoms with Crippen molar-refractivity contribution in [3.63, 3.8) is 0 Å². The highest BCUT2D eigenvalue weighted by molar-refractivity contribution is 6.02. The standard InChI is InChI=1S/C12H10O6/c13-9-5-3-1-2-4(7(5)11(15)17-9)8-6(3)10(14)18-12(8)16/h3-8H,1-2H2/t3?,4?,5-,6?,7?,8?/m0/s1. The average Bonchev–Trinajstić information content (AvgIpc) is 2.81. The number of ether oxygens (including phenoxy) is 2. The summed E-state index contributed by atoms with van der Waals surface area (Å²) in [6.45, 7) is 0. The highest BCUT2D eigenvalue weighted by atomic mass is 16.6. The van der Waals surface area contributed by atoms with E-state index in [0.717, 1.165) is 0 Å². The molecule has 0 amide bonds. The Kier molecular flexibility index (Phi) is 1.70. The zero-order valence-electron chi connectivity index (χ0n) is 9.33. The van der Waals surface area contributed by atoms with Gasteiger partial charge in [-0.05, 0) is 24.7 Å². The molecule has 5 rings (SSSR count). The second-order valence-corrected chi connectivity index (χ2v) is 5.49. The van der Waals surface area contributed by atoms with Gasteiger partial charge in [0.15, 0.2) is 0 Å². The molecule has 2 saturated heterocycles. The van der Waals surface area contributed by atoms with Crippen molar-refractivity contribution in [2.24, 2.45) is 35.5 Å². The average molecular weight is 250 g/mol. The maximum absolute atomic E-state index is 11.7. The summed E-state index contributed by atoms with van der Waals surface area (Å²) in [4.78, 5) is 46.8. The van der Waals surface area contributed by atoms with Gasteiger partial charge in [-0.3, -0.25) is 19.2 Å². The highest BCUT2D eigenvalue weighted by Gasteiger charge is 2.69. The van der Waals surface area contributed by atoms with Gasteiger partial charge in [-0.25, -0.2) is 0 Å². The predicted octanol–water partition coefficient (Wildman–Crippen LogP) is -0.342. The molecule has 6 heteroatoms. The lowest BCUT2D eigenvalue weighted by Gasteiger charge is -2.46. The number of cyclic esters (lactones) is 4. The third-order valence-electron chi connectivity index (χ3n) is 4.94. The van der Waals surface area contributed by atoms with Crippen LogP contribution < -0.4 is 0 Å².